The zero-order chi connectivity index (χ0) is 26.0. The second kappa shape index (κ2) is 12.5. The Kier molecular flexibility index (Phi) is 8.62. The fourth-order valence-corrected chi connectivity index (χ4v) is 3.87. The first kappa shape index (κ1) is 25.6. The van der Waals surface area contributed by atoms with E-state index in [4.69, 9.17) is 17.0 Å². The lowest BCUT2D eigenvalue weighted by Crippen LogP contribution is -2.34. The van der Waals surface area contributed by atoms with Crippen LogP contribution in [0.15, 0.2) is 103 Å². The average Bonchev–Trinajstić information content (AvgIpc) is 2.91. The second-order valence-electron chi connectivity index (χ2n) is 8.37. The van der Waals surface area contributed by atoms with Gasteiger partial charge in [-0.15, -0.1) is 0 Å². The molecule has 4 aromatic rings. The average molecular weight is 510 g/mol. The largest absolute Gasteiger partial charge is 0.493 e. The van der Waals surface area contributed by atoms with Crippen molar-refractivity contribution < 1.29 is 14.3 Å². The molecule has 0 atom stereocenters. The molecule has 0 heterocycles. The molecule has 0 aliphatic carbocycles. The number of carbonyl (C=O) groups excluding carboxylic acids is 2. The van der Waals surface area contributed by atoms with Gasteiger partial charge in [0.1, 0.15) is 5.75 Å². The molecule has 3 N–H and O–H groups in total. The van der Waals surface area contributed by atoms with Gasteiger partial charge in [0.2, 0.25) is 0 Å². The Bertz CT molecular complexity index is 1390. The number of hydrogen-bond donors (Lipinski definition) is 3. The predicted octanol–water partition coefficient (Wildman–Crippen LogP) is 6.00. The lowest BCUT2D eigenvalue weighted by molar-refractivity contribution is 0.0975. The maximum absolute atomic E-state index is 12.7. The van der Waals surface area contributed by atoms with Crippen molar-refractivity contribution in [2.75, 3.05) is 17.2 Å². The van der Waals surface area contributed by atoms with E-state index in [9.17, 15) is 9.59 Å². The number of nitrogens with one attached hydrogen (secondary N) is 3. The molecule has 4 rings (SSSR count). The Hall–Kier alpha value is -4.49. The smallest absolute Gasteiger partial charge is 0.257 e. The molecule has 0 fully saturated rings. The zero-order valence-electron chi connectivity index (χ0n) is 20.4. The molecule has 0 aliphatic rings. The highest BCUT2D eigenvalue weighted by molar-refractivity contribution is 7.80. The molecule has 0 bridgehead atoms. The number of thiocarbonyl (C=S) groups is 1. The molecule has 0 aliphatic heterocycles. The highest BCUT2D eigenvalue weighted by atomic mass is 32.1. The highest BCUT2D eigenvalue weighted by Gasteiger charge is 2.11. The van der Waals surface area contributed by atoms with Gasteiger partial charge in [-0.25, -0.2) is 0 Å². The standard InChI is InChI=1S/C30H27N3O3S/c1-21-8-5-6-13-27(21)29(35)31-24-14-16-25(17-15-24)32-30(37)33-28(34)23-11-7-12-26(20-23)36-19-18-22-9-3-2-4-10-22/h2-17,20H,18-19H2,1H3,(H,31,35)(H2,32,33,34,37). The van der Waals surface area contributed by atoms with Gasteiger partial charge in [-0.1, -0.05) is 54.6 Å². The van der Waals surface area contributed by atoms with Crippen LogP contribution in [0, 0.1) is 6.92 Å². The number of aryl methyl sites for hydroxylation is 1. The highest BCUT2D eigenvalue weighted by Crippen LogP contribution is 2.17. The summed E-state index contributed by atoms with van der Waals surface area (Å²) in [5.74, 6) is 0.104. The molecule has 0 aromatic heterocycles. The second-order valence-corrected chi connectivity index (χ2v) is 8.77. The predicted molar refractivity (Wildman–Crippen MR) is 151 cm³/mol. The molecule has 0 unspecified atom stereocenters. The summed E-state index contributed by atoms with van der Waals surface area (Å²) in [5, 5.41) is 8.72. The fourth-order valence-electron chi connectivity index (χ4n) is 3.66. The van der Waals surface area contributed by atoms with Gasteiger partial charge in [0, 0.05) is 28.9 Å². The molecule has 7 heteroatoms. The first-order valence-electron chi connectivity index (χ1n) is 11.8. The van der Waals surface area contributed by atoms with E-state index in [0.717, 1.165) is 12.0 Å². The molecular formula is C30H27N3O3S. The van der Waals surface area contributed by atoms with Crippen LogP contribution in [0.2, 0.25) is 0 Å². The number of anilines is 2. The number of ether oxygens (including phenoxy) is 1. The summed E-state index contributed by atoms with van der Waals surface area (Å²) in [5.41, 5.74) is 4.49. The van der Waals surface area contributed by atoms with Gasteiger partial charge in [0.25, 0.3) is 11.8 Å². The van der Waals surface area contributed by atoms with E-state index >= 15 is 0 Å². The number of hydrogen-bond acceptors (Lipinski definition) is 4. The molecule has 0 radical (unpaired) electrons. The third-order valence-corrected chi connectivity index (χ3v) is 5.82. The molecule has 0 saturated carbocycles. The third-order valence-electron chi connectivity index (χ3n) is 5.62. The van der Waals surface area contributed by atoms with Crippen molar-refractivity contribution in [3.63, 3.8) is 0 Å². The van der Waals surface area contributed by atoms with Crippen LogP contribution in [-0.2, 0) is 6.42 Å². The van der Waals surface area contributed by atoms with Crippen molar-refractivity contribution in [3.05, 3.63) is 125 Å². The number of rotatable bonds is 8. The van der Waals surface area contributed by atoms with E-state index in [1.807, 2.05) is 49.4 Å². The van der Waals surface area contributed by atoms with Crippen LogP contribution >= 0.6 is 12.2 Å². The molecule has 6 nitrogen and oxygen atoms in total. The van der Waals surface area contributed by atoms with Crippen molar-refractivity contribution in [3.8, 4) is 5.75 Å². The monoisotopic (exact) mass is 509 g/mol. The molecular weight excluding hydrogens is 482 g/mol. The first-order chi connectivity index (χ1) is 18.0. The summed E-state index contributed by atoms with van der Waals surface area (Å²) in [6, 6.07) is 31.5. The van der Waals surface area contributed by atoms with Gasteiger partial charge in [-0.2, -0.15) is 0 Å². The Labute approximate surface area is 221 Å². The van der Waals surface area contributed by atoms with Gasteiger partial charge >= 0.3 is 0 Å². The zero-order valence-corrected chi connectivity index (χ0v) is 21.2. The normalized spacial score (nSPS) is 10.3. The van der Waals surface area contributed by atoms with Gasteiger partial charge in [-0.3, -0.25) is 14.9 Å². The molecule has 186 valence electrons. The lowest BCUT2D eigenvalue weighted by atomic mass is 10.1. The summed E-state index contributed by atoms with van der Waals surface area (Å²) in [6.07, 6.45) is 0.777. The summed E-state index contributed by atoms with van der Waals surface area (Å²) in [4.78, 5) is 25.2. The quantitative estimate of drug-likeness (QED) is 0.254. The van der Waals surface area contributed by atoms with E-state index in [0.29, 0.717) is 34.9 Å². The molecule has 37 heavy (non-hydrogen) atoms. The molecule has 0 saturated heterocycles. The van der Waals surface area contributed by atoms with Gasteiger partial charge < -0.3 is 15.4 Å². The lowest BCUT2D eigenvalue weighted by Gasteiger charge is -2.12. The van der Waals surface area contributed by atoms with Crippen molar-refractivity contribution in [2.45, 2.75) is 13.3 Å². The van der Waals surface area contributed by atoms with E-state index < -0.39 is 0 Å². The van der Waals surface area contributed by atoms with Crippen molar-refractivity contribution >= 4 is 40.5 Å². The summed E-state index contributed by atoms with van der Waals surface area (Å²) in [7, 11) is 0. The summed E-state index contributed by atoms with van der Waals surface area (Å²) in [6.45, 7) is 2.41. The van der Waals surface area contributed by atoms with Crippen LogP contribution in [0.5, 0.6) is 5.75 Å². The van der Waals surface area contributed by atoms with E-state index in [2.05, 4.69) is 28.1 Å². The van der Waals surface area contributed by atoms with Crippen LogP contribution < -0.4 is 20.7 Å². The summed E-state index contributed by atoms with van der Waals surface area (Å²) >= 11 is 5.31. The minimum absolute atomic E-state index is 0.164. The minimum atomic E-state index is -0.340. The fraction of sp³-hybridized carbons (Fsp3) is 0.100. The van der Waals surface area contributed by atoms with E-state index in [-0.39, 0.29) is 16.9 Å². The van der Waals surface area contributed by atoms with Crippen LogP contribution in [0.3, 0.4) is 0 Å². The molecule has 0 spiro atoms. The number of amides is 2. The minimum Gasteiger partial charge on any atom is -0.493 e. The van der Waals surface area contributed by atoms with Crippen LogP contribution in [0.25, 0.3) is 0 Å². The van der Waals surface area contributed by atoms with Gasteiger partial charge in [0.15, 0.2) is 5.11 Å². The Balaban J connectivity index is 1.27. The van der Waals surface area contributed by atoms with Crippen LogP contribution in [-0.4, -0.2) is 23.5 Å². The van der Waals surface area contributed by atoms with Crippen LogP contribution in [0.1, 0.15) is 31.8 Å². The Morgan fingerprint density at radius 2 is 1.43 bits per heavy atom. The topological polar surface area (TPSA) is 79.5 Å². The van der Waals surface area contributed by atoms with Gasteiger partial charge in [0.05, 0.1) is 6.61 Å². The van der Waals surface area contributed by atoms with Gasteiger partial charge in [-0.05, 0) is 78.8 Å². The summed E-state index contributed by atoms with van der Waals surface area (Å²) < 4.78 is 5.82. The van der Waals surface area contributed by atoms with E-state index in [1.165, 1.54) is 5.56 Å². The Morgan fingerprint density at radius 3 is 2.16 bits per heavy atom. The van der Waals surface area contributed by atoms with Crippen LogP contribution in [0.4, 0.5) is 11.4 Å². The number of carbonyl (C=O) groups is 2. The number of benzene rings is 4. The van der Waals surface area contributed by atoms with Crippen molar-refractivity contribution in [2.24, 2.45) is 0 Å². The molecule has 2 amide bonds. The van der Waals surface area contributed by atoms with Crippen molar-refractivity contribution in [1.82, 2.24) is 5.32 Å². The first-order valence-corrected chi connectivity index (χ1v) is 12.2. The maximum Gasteiger partial charge on any atom is 0.257 e. The third kappa shape index (κ3) is 7.49. The maximum atomic E-state index is 12.7. The SMILES string of the molecule is Cc1ccccc1C(=O)Nc1ccc(NC(=S)NC(=O)c2cccc(OCCc3ccccc3)c2)cc1. The van der Waals surface area contributed by atoms with Crippen molar-refractivity contribution in [1.29, 1.82) is 0 Å². The Morgan fingerprint density at radius 1 is 0.757 bits per heavy atom. The van der Waals surface area contributed by atoms with E-state index in [1.54, 1.807) is 48.5 Å². The molecule has 4 aromatic carbocycles.